The van der Waals surface area contributed by atoms with Crippen LogP contribution in [0, 0.1) is 6.92 Å². The van der Waals surface area contributed by atoms with Crippen LogP contribution in [0.25, 0.3) is 5.69 Å². The molecule has 156 valence electrons. The molecule has 0 spiro atoms. The Morgan fingerprint density at radius 1 is 1.00 bits per heavy atom. The Hall–Kier alpha value is -4.13. The van der Waals surface area contributed by atoms with Gasteiger partial charge in [0, 0.05) is 24.5 Å². The number of hydrogen-bond donors (Lipinski definition) is 1. The molecule has 7 nitrogen and oxygen atoms in total. The van der Waals surface area contributed by atoms with Crippen molar-refractivity contribution >= 4 is 5.91 Å². The van der Waals surface area contributed by atoms with Crippen molar-refractivity contribution in [2.75, 3.05) is 7.11 Å². The first-order valence-electron chi connectivity index (χ1n) is 9.79. The third kappa shape index (κ3) is 4.90. The molecule has 7 heteroatoms. The molecule has 4 aromatic rings. The van der Waals surface area contributed by atoms with Gasteiger partial charge >= 0.3 is 0 Å². The summed E-state index contributed by atoms with van der Waals surface area (Å²) in [7, 11) is 1.61. The van der Waals surface area contributed by atoms with Crippen LogP contribution in [0.2, 0.25) is 0 Å². The minimum absolute atomic E-state index is 0.243. The number of methoxy groups -OCH3 is 1. The summed E-state index contributed by atoms with van der Waals surface area (Å²) in [4.78, 5) is 16.8. The Balaban J connectivity index is 1.40. The third-order valence-corrected chi connectivity index (χ3v) is 4.66. The number of nitrogens with one attached hydrogen (secondary N) is 1. The quantitative estimate of drug-likeness (QED) is 0.488. The van der Waals surface area contributed by atoms with Crippen LogP contribution in [0.15, 0.2) is 79.0 Å². The Morgan fingerprint density at radius 2 is 1.74 bits per heavy atom. The van der Waals surface area contributed by atoms with Crippen LogP contribution in [0.3, 0.4) is 0 Å². The predicted molar refractivity (Wildman–Crippen MR) is 117 cm³/mol. The van der Waals surface area contributed by atoms with E-state index in [1.165, 1.54) is 0 Å². The van der Waals surface area contributed by atoms with E-state index < -0.39 is 0 Å². The summed E-state index contributed by atoms with van der Waals surface area (Å²) in [5.41, 5.74) is 3.03. The average molecular weight is 414 g/mol. The predicted octanol–water partition coefficient (Wildman–Crippen LogP) is 4.31. The van der Waals surface area contributed by atoms with Crippen molar-refractivity contribution in [1.82, 2.24) is 20.1 Å². The van der Waals surface area contributed by atoms with E-state index in [0.717, 1.165) is 22.7 Å². The Labute approximate surface area is 180 Å². The highest BCUT2D eigenvalue weighted by Crippen LogP contribution is 2.22. The molecular formula is C24H22N4O3. The first-order chi connectivity index (χ1) is 15.1. The van der Waals surface area contributed by atoms with Gasteiger partial charge in [0.15, 0.2) is 5.69 Å². The van der Waals surface area contributed by atoms with Crippen LogP contribution in [0.4, 0.5) is 0 Å². The number of carbonyl (C=O) groups excluding carboxylic acids is 1. The second kappa shape index (κ2) is 9.13. The van der Waals surface area contributed by atoms with Crippen LogP contribution in [0.5, 0.6) is 17.4 Å². The summed E-state index contributed by atoms with van der Waals surface area (Å²) in [6, 6.07) is 22.3. The number of hydrogen-bond acceptors (Lipinski definition) is 5. The molecule has 0 aliphatic heterocycles. The van der Waals surface area contributed by atoms with Gasteiger partial charge in [-0.25, -0.2) is 9.67 Å². The molecule has 2 aromatic carbocycles. The summed E-state index contributed by atoms with van der Waals surface area (Å²) >= 11 is 0. The fourth-order valence-corrected chi connectivity index (χ4v) is 3.07. The molecule has 0 fully saturated rings. The minimum Gasteiger partial charge on any atom is -0.497 e. The maximum absolute atomic E-state index is 12.6. The molecule has 0 unspecified atom stereocenters. The highest BCUT2D eigenvalue weighted by atomic mass is 16.5. The van der Waals surface area contributed by atoms with Gasteiger partial charge in [-0.2, -0.15) is 5.10 Å². The van der Waals surface area contributed by atoms with E-state index in [1.807, 2.05) is 55.5 Å². The number of amides is 1. The van der Waals surface area contributed by atoms with E-state index in [0.29, 0.717) is 23.9 Å². The number of ether oxygens (including phenoxy) is 2. The van der Waals surface area contributed by atoms with Crippen LogP contribution in [0.1, 0.15) is 21.7 Å². The zero-order valence-electron chi connectivity index (χ0n) is 17.3. The summed E-state index contributed by atoms with van der Waals surface area (Å²) in [5.74, 6) is 1.60. The smallest absolute Gasteiger partial charge is 0.272 e. The van der Waals surface area contributed by atoms with Gasteiger partial charge < -0.3 is 14.8 Å². The standard InChI is InChI=1S/C24H22N4O3/c1-17-14-22(27-28(17)19-6-4-3-5-7-19)24(29)26-16-18-12-13-25-23(15-18)31-21-10-8-20(30-2)9-11-21/h3-15H,16H2,1-2H3,(H,26,29). The lowest BCUT2D eigenvalue weighted by molar-refractivity contribution is 0.0945. The van der Waals surface area contributed by atoms with Crippen molar-refractivity contribution in [3.05, 3.63) is 95.9 Å². The number of benzene rings is 2. The van der Waals surface area contributed by atoms with Crippen molar-refractivity contribution in [2.45, 2.75) is 13.5 Å². The monoisotopic (exact) mass is 414 g/mol. The molecule has 0 bridgehead atoms. The molecule has 0 saturated heterocycles. The van der Waals surface area contributed by atoms with Gasteiger partial charge in [0.2, 0.25) is 5.88 Å². The molecule has 4 rings (SSSR count). The summed E-state index contributed by atoms with van der Waals surface area (Å²) < 4.78 is 12.7. The van der Waals surface area contributed by atoms with E-state index in [9.17, 15) is 4.79 Å². The van der Waals surface area contributed by atoms with Crippen molar-refractivity contribution < 1.29 is 14.3 Å². The number of nitrogens with zero attached hydrogens (tertiary/aromatic N) is 3. The lowest BCUT2D eigenvalue weighted by atomic mass is 10.2. The first-order valence-corrected chi connectivity index (χ1v) is 9.79. The Morgan fingerprint density at radius 3 is 2.48 bits per heavy atom. The van der Waals surface area contributed by atoms with Gasteiger partial charge in [-0.15, -0.1) is 0 Å². The van der Waals surface area contributed by atoms with E-state index in [4.69, 9.17) is 9.47 Å². The van der Waals surface area contributed by atoms with Gasteiger partial charge in [-0.05, 0) is 61.0 Å². The number of pyridine rings is 1. The molecular weight excluding hydrogens is 392 g/mol. The molecule has 31 heavy (non-hydrogen) atoms. The zero-order valence-corrected chi connectivity index (χ0v) is 17.3. The van der Waals surface area contributed by atoms with E-state index in [1.54, 1.807) is 42.3 Å². The number of para-hydroxylation sites is 1. The molecule has 1 amide bonds. The average Bonchev–Trinajstić information content (AvgIpc) is 3.20. The van der Waals surface area contributed by atoms with Gasteiger partial charge in [-0.3, -0.25) is 4.79 Å². The number of aryl methyl sites for hydroxylation is 1. The maximum atomic E-state index is 12.6. The number of carbonyl (C=O) groups is 1. The van der Waals surface area contributed by atoms with Crippen molar-refractivity contribution in [1.29, 1.82) is 0 Å². The molecule has 0 aliphatic carbocycles. The van der Waals surface area contributed by atoms with E-state index in [-0.39, 0.29) is 5.91 Å². The number of rotatable bonds is 7. The van der Waals surface area contributed by atoms with Gasteiger partial charge in [0.1, 0.15) is 11.5 Å². The highest BCUT2D eigenvalue weighted by Gasteiger charge is 2.13. The summed E-state index contributed by atoms with van der Waals surface area (Å²) in [6.07, 6.45) is 1.65. The van der Waals surface area contributed by atoms with Crippen LogP contribution in [-0.2, 0) is 6.54 Å². The Kier molecular flexibility index (Phi) is 5.93. The molecule has 0 radical (unpaired) electrons. The van der Waals surface area contributed by atoms with E-state index >= 15 is 0 Å². The Bertz CT molecular complexity index is 1170. The third-order valence-electron chi connectivity index (χ3n) is 4.66. The molecule has 0 saturated carbocycles. The molecule has 2 aromatic heterocycles. The normalized spacial score (nSPS) is 10.5. The lowest BCUT2D eigenvalue weighted by Gasteiger charge is -2.08. The van der Waals surface area contributed by atoms with Gasteiger partial charge in [0.05, 0.1) is 12.8 Å². The summed E-state index contributed by atoms with van der Waals surface area (Å²) in [5, 5.41) is 7.34. The highest BCUT2D eigenvalue weighted by molar-refractivity contribution is 5.92. The zero-order chi connectivity index (χ0) is 21.6. The maximum Gasteiger partial charge on any atom is 0.272 e. The topological polar surface area (TPSA) is 78.3 Å². The van der Waals surface area contributed by atoms with Gasteiger partial charge in [0.25, 0.3) is 5.91 Å². The van der Waals surface area contributed by atoms with Crippen molar-refractivity contribution in [2.24, 2.45) is 0 Å². The second-order valence-electron chi connectivity index (χ2n) is 6.88. The lowest BCUT2D eigenvalue weighted by Crippen LogP contribution is -2.23. The van der Waals surface area contributed by atoms with Crippen LogP contribution >= 0.6 is 0 Å². The van der Waals surface area contributed by atoms with Gasteiger partial charge in [-0.1, -0.05) is 18.2 Å². The minimum atomic E-state index is -0.243. The SMILES string of the molecule is COc1ccc(Oc2cc(CNC(=O)c3cc(C)n(-c4ccccc4)n3)ccn2)cc1. The molecule has 0 atom stereocenters. The molecule has 0 aliphatic rings. The largest absolute Gasteiger partial charge is 0.497 e. The molecule has 1 N–H and O–H groups in total. The fraction of sp³-hybridized carbons (Fsp3) is 0.125. The van der Waals surface area contributed by atoms with Crippen molar-refractivity contribution in [3.63, 3.8) is 0 Å². The molecule has 2 heterocycles. The van der Waals surface area contributed by atoms with Crippen LogP contribution in [-0.4, -0.2) is 27.8 Å². The van der Waals surface area contributed by atoms with E-state index in [2.05, 4.69) is 15.4 Å². The number of aromatic nitrogens is 3. The first kappa shape index (κ1) is 20.2. The summed E-state index contributed by atoms with van der Waals surface area (Å²) in [6.45, 7) is 2.25. The van der Waals surface area contributed by atoms with Crippen molar-refractivity contribution in [3.8, 4) is 23.1 Å². The fourth-order valence-electron chi connectivity index (χ4n) is 3.07. The second-order valence-corrected chi connectivity index (χ2v) is 6.88. The van der Waals surface area contributed by atoms with Crippen LogP contribution < -0.4 is 14.8 Å².